The molecule has 1 N–H and O–H groups in total. The zero-order valence-electron chi connectivity index (χ0n) is 13.5. The molecule has 2 amide bonds. The Kier molecular flexibility index (Phi) is 4.24. The fraction of sp³-hybridized carbons (Fsp3) is 0.688. The highest BCUT2D eigenvalue weighted by Gasteiger charge is 2.44. The number of carbonyl (C=O) groups is 2. The molecule has 3 aliphatic rings. The van der Waals surface area contributed by atoms with Crippen LogP contribution in [0.25, 0.3) is 0 Å². The highest BCUT2D eigenvalue weighted by Crippen LogP contribution is 2.34. The summed E-state index contributed by atoms with van der Waals surface area (Å²) < 4.78 is 11.3. The van der Waals surface area contributed by atoms with Crippen LogP contribution >= 0.6 is 0 Å². The lowest BCUT2D eigenvalue weighted by Crippen LogP contribution is -2.46. The average Bonchev–Trinajstić information content (AvgIpc) is 3.30. The van der Waals surface area contributed by atoms with Crippen molar-refractivity contribution in [2.45, 2.75) is 25.0 Å². The molecule has 0 aromatic carbocycles. The van der Waals surface area contributed by atoms with Crippen LogP contribution in [0.2, 0.25) is 0 Å². The molecule has 3 atom stereocenters. The summed E-state index contributed by atoms with van der Waals surface area (Å²) in [4.78, 5) is 28.6. The Labute approximate surface area is 140 Å². The third-order valence-electron chi connectivity index (χ3n) is 5.17. The predicted octanol–water partition coefficient (Wildman–Crippen LogP) is -0.112. The fourth-order valence-electron chi connectivity index (χ4n) is 3.81. The van der Waals surface area contributed by atoms with Crippen molar-refractivity contribution in [3.63, 3.8) is 0 Å². The van der Waals surface area contributed by atoms with Gasteiger partial charge in [0.1, 0.15) is 11.8 Å². The second-order valence-electron chi connectivity index (χ2n) is 6.61. The molecule has 1 aromatic heterocycles. The molecule has 0 radical (unpaired) electrons. The van der Waals surface area contributed by atoms with Crippen LogP contribution in [0.5, 0.6) is 0 Å². The van der Waals surface area contributed by atoms with Gasteiger partial charge in [-0.25, -0.2) is 0 Å². The number of fused-ring (bicyclic) bond motifs is 1. The number of carbonyl (C=O) groups excluding carboxylic acids is 2. The third-order valence-corrected chi connectivity index (χ3v) is 5.17. The number of amides is 2. The smallest absolute Gasteiger partial charge is 0.271 e. The van der Waals surface area contributed by atoms with E-state index in [0.717, 1.165) is 12.8 Å². The Hall–Kier alpha value is -1.93. The number of rotatable bonds is 2. The van der Waals surface area contributed by atoms with Crippen LogP contribution in [0.15, 0.2) is 12.3 Å². The lowest BCUT2D eigenvalue weighted by molar-refractivity contribution is -0.147. The van der Waals surface area contributed by atoms with Crippen molar-refractivity contribution in [3.05, 3.63) is 18.0 Å². The van der Waals surface area contributed by atoms with Crippen molar-refractivity contribution in [2.75, 3.05) is 39.4 Å². The molecule has 0 spiro atoms. The van der Waals surface area contributed by atoms with Gasteiger partial charge in [0.15, 0.2) is 0 Å². The van der Waals surface area contributed by atoms with Crippen molar-refractivity contribution >= 4 is 11.8 Å². The maximum absolute atomic E-state index is 12.6. The Balaban J connectivity index is 1.37. The molecule has 3 aliphatic heterocycles. The number of piperidine rings is 1. The van der Waals surface area contributed by atoms with Gasteiger partial charge in [0, 0.05) is 32.4 Å². The molecule has 8 nitrogen and oxygen atoms in total. The first-order valence-corrected chi connectivity index (χ1v) is 8.53. The van der Waals surface area contributed by atoms with Gasteiger partial charge in [0.05, 0.1) is 19.3 Å². The van der Waals surface area contributed by atoms with E-state index in [0.29, 0.717) is 51.0 Å². The Morgan fingerprint density at radius 1 is 1.21 bits per heavy atom. The van der Waals surface area contributed by atoms with Crippen molar-refractivity contribution in [1.29, 1.82) is 0 Å². The molecule has 0 bridgehead atoms. The topological polar surface area (TPSA) is 87.8 Å². The van der Waals surface area contributed by atoms with Crippen molar-refractivity contribution in [2.24, 2.45) is 5.92 Å². The number of nitrogens with one attached hydrogen (secondary N) is 1. The lowest BCUT2D eigenvalue weighted by atomic mass is 9.91. The molecule has 0 saturated carbocycles. The Bertz CT molecular complexity index is 599. The van der Waals surface area contributed by atoms with E-state index in [1.807, 2.05) is 4.90 Å². The van der Waals surface area contributed by atoms with E-state index in [1.165, 1.54) is 0 Å². The number of nitrogens with zero attached hydrogens (tertiary/aromatic N) is 3. The van der Waals surface area contributed by atoms with E-state index in [4.69, 9.17) is 9.47 Å². The minimum Gasteiger partial charge on any atom is -0.378 e. The van der Waals surface area contributed by atoms with Gasteiger partial charge in [-0.05, 0) is 24.8 Å². The zero-order chi connectivity index (χ0) is 16.5. The Morgan fingerprint density at radius 3 is 2.79 bits per heavy atom. The number of hydrogen-bond acceptors (Lipinski definition) is 5. The monoisotopic (exact) mass is 334 g/mol. The Morgan fingerprint density at radius 2 is 2.04 bits per heavy atom. The lowest BCUT2D eigenvalue weighted by Gasteiger charge is -2.33. The summed E-state index contributed by atoms with van der Waals surface area (Å²) in [6.07, 6.45) is 2.77. The van der Waals surface area contributed by atoms with Gasteiger partial charge in [-0.1, -0.05) is 0 Å². The molecule has 4 heterocycles. The highest BCUT2D eigenvalue weighted by molar-refractivity contribution is 5.92. The number of likely N-dealkylation sites (tertiary alicyclic amines) is 1. The number of morpholine rings is 1. The van der Waals surface area contributed by atoms with Gasteiger partial charge in [0.2, 0.25) is 0 Å². The molecule has 24 heavy (non-hydrogen) atoms. The largest absolute Gasteiger partial charge is 0.378 e. The third kappa shape index (κ3) is 2.91. The molecule has 3 fully saturated rings. The van der Waals surface area contributed by atoms with Crippen LogP contribution in [-0.4, -0.2) is 83.4 Å². The van der Waals surface area contributed by atoms with Crippen LogP contribution in [0, 0.1) is 5.92 Å². The SMILES string of the molecule is O=C(c1ccn[nH]1)N1CC[C@H]2CC(C(=O)N3CCOCC3)O[C@H]2C1. The summed E-state index contributed by atoms with van der Waals surface area (Å²) in [7, 11) is 0. The molecule has 8 heteroatoms. The van der Waals surface area contributed by atoms with Gasteiger partial charge in [-0.15, -0.1) is 0 Å². The van der Waals surface area contributed by atoms with Gasteiger partial charge >= 0.3 is 0 Å². The molecular weight excluding hydrogens is 312 g/mol. The first-order chi connectivity index (χ1) is 11.7. The highest BCUT2D eigenvalue weighted by atomic mass is 16.5. The summed E-state index contributed by atoms with van der Waals surface area (Å²) >= 11 is 0. The van der Waals surface area contributed by atoms with E-state index in [1.54, 1.807) is 17.2 Å². The maximum Gasteiger partial charge on any atom is 0.271 e. The van der Waals surface area contributed by atoms with E-state index in [-0.39, 0.29) is 24.0 Å². The first-order valence-electron chi connectivity index (χ1n) is 8.53. The maximum atomic E-state index is 12.6. The summed E-state index contributed by atoms with van der Waals surface area (Å²) in [5, 5.41) is 6.54. The summed E-state index contributed by atoms with van der Waals surface area (Å²) in [6, 6.07) is 1.68. The quantitative estimate of drug-likeness (QED) is 0.815. The zero-order valence-corrected chi connectivity index (χ0v) is 13.5. The number of H-pyrrole nitrogens is 1. The van der Waals surface area contributed by atoms with E-state index in [2.05, 4.69) is 10.2 Å². The molecular formula is C16H22N4O4. The number of ether oxygens (including phenoxy) is 2. The molecule has 3 saturated heterocycles. The molecule has 1 aromatic rings. The minimum absolute atomic E-state index is 0.0550. The second kappa shape index (κ2) is 6.52. The summed E-state index contributed by atoms with van der Waals surface area (Å²) in [5.41, 5.74) is 0.493. The minimum atomic E-state index is -0.375. The van der Waals surface area contributed by atoms with Gasteiger partial charge in [-0.2, -0.15) is 5.10 Å². The van der Waals surface area contributed by atoms with Crippen LogP contribution in [0.1, 0.15) is 23.3 Å². The fourth-order valence-corrected chi connectivity index (χ4v) is 3.81. The number of aromatic nitrogens is 2. The molecule has 130 valence electrons. The second-order valence-corrected chi connectivity index (χ2v) is 6.61. The predicted molar refractivity (Wildman–Crippen MR) is 83.3 cm³/mol. The number of aromatic amines is 1. The van der Waals surface area contributed by atoms with E-state index < -0.39 is 0 Å². The van der Waals surface area contributed by atoms with Gasteiger partial charge in [0.25, 0.3) is 11.8 Å². The standard InChI is InChI=1S/C16H22N4O4/c21-15(12-1-3-17-18-12)20-4-2-11-9-13(24-14(11)10-20)16(22)19-5-7-23-8-6-19/h1,3,11,13-14H,2,4-10H2,(H,17,18)/t11-,13?,14-/m0/s1. The first kappa shape index (κ1) is 15.6. The van der Waals surface area contributed by atoms with E-state index in [9.17, 15) is 9.59 Å². The molecule has 4 rings (SSSR count). The summed E-state index contributed by atoms with van der Waals surface area (Å²) in [6.45, 7) is 3.70. The molecule has 1 unspecified atom stereocenters. The van der Waals surface area contributed by atoms with Crippen LogP contribution in [-0.2, 0) is 14.3 Å². The van der Waals surface area contributed by atoms with Crippen molar-refractivity contribution in [1.82, 2.24) is 20.0 Å². The van der Waals surface area contributed by atoms with Crippen LogP contribution in [0.4, 0.5) is 0 Å². The van der Waals surface area contributed by atoms with Crippen LogP contribution in [0.3, 0.4) is 0 Å². The van der Waals surface area contributed by atoms with Crippen molar-refractivity contribution in [3.8, 4) is 0 Å². The number of hydrogen-bond donors (Lipinski definition) is 1. The average molecular weight is 334 g/mol. The van der Waals surface area contributed by atoms with Crippen molar-refractivity contribution < 1.29 is 19.1 Å². The molecule has 0 aliphatic carbocycles. The summed E-state index contributed by atoms with van der Waals surface area (Å²) in [5.74, 6) is 0.363. The van der Waals surface area contributed by atoms with Gasteiger partial charge < -0.3 is 19.3 Å². The van der Waals surface area contributed by atoms with E-state index >= 15 is 0 Å². The van der Waals surface area contributed by atoms with Crippen LogP contribution < -0.4 is 0 Å². The van der Waals surface area contributed by atoms with Gasteiger partial charge in [-0.3, -0.25) is 14.7 Å². The normalized spacial score (nSPS) is 30.2.